The summed E-state index contributed by atoms with van der Waals surface area (Å²) < 4.78 is 5.73. The van der Waals surface area contributed by atoms with Gasteiger partial charge in [0, 0.05) is 12.3 Å². The highest BCUT2D eigenvalue weighted by Crippen LogP contribution is 2.24. The van der Waals surface area contributed by atoms with Crippen LogP contribution < -0.4 is 10.1 Å². The number of nitrogens with zero attached hydrogens (tertiary/aromatic N) is 2. The average molecular weight is 317 g/mol. The number of nitriles is 1. The van der Waals surface area contributed by atoms with Crippen LogP contribution in [0.1, 0.15) is 12.8 Å². The lowest BCUT2D eigenvalue weighted by Crippen LogP contribution is -2.48. The second-order valence-electron chi connectivity index (χ2n) is 5.48. The molecule has 1 N–H and O–H groups in total. The third-order valence-corrected chi connectivity index (χ3v) is 5.18. The van der Waals surface area contributed by atoms with Crippen LogP contribution in [0, 0.1) is 11.3 Å². The molecule has 0 aliphatic carbocycles. The highest BCUT2D eigenvalue weighted by Gasteiger charge is 2.37. The molecule has 2 aliphatic rings. The predicted octanol–water partition coefficient (Wildman–Crippen LogP) is 1.61. The molecule has 0 spiro atoms. The highest BCUT2D eigenvalue weighted by molar-refractivity contribution is 8.00. The molecule has 0 aromatic heterocycles. The van der Waals surface area contributed by atoms with Gasteiger partial charge in [-0.25, -0.2) is 0 Å². The molecule has 3 atom stereocenters. The van der Waals surface area contributed by atoms with Crippen molar-refractivity contribution in [1.82, 2.24) is 10.2 Å². The molecule has 1 amide bonds. The molecule has 6 heteroatoms. The van der Waals surface area contributed by atoms with Crippen LogP contribution >= 0.6 is 11.8 Å². The van der Waals surface area contributed by atoms with Crippen LogP contribution in [0.3, 0.4) is 0 Å². The first-order valence-corrected chi connectivity index (χ1v) is 8.58. The van der Waals surface area contributed by atoms with Crippen molar-refractivity contribution in [2.45, 2.75) is 30.3 Å². The van der Waals surface area contributed by atoms with Crippen molar-refractivity contribution in [2.24, 2.45) is 0 Å². The van der Waals surface area contributed by atoms with Gasteiger partial charge in [0.1, 0.15) is 18.4 Å². The van der Waals surface area contributed by atoms with E-state index in [0.29, 0.717) is 13.2 Å². The Morgan fingerprint density at radius 3 is 3.05 bits per heavy atom. The molecule has 2 heterocycles. The lowest BCUT2D eigenvalue weighted by Gasteiger charge is -2.23. The molecule has 5 nitrogen and oxygen atoms in total. The summed E-state index contributed by atoms with van der Waals surface area (Å²) in [5, 5.41) is 12.5. The summed E-state index contributed by atoms with van der Waals surface area (Å²) in [7, 11) is 0. The number of nitrogens with one attached hydrogen (secondary N) is 1. The largest absolute Gasteiger partial charge is 0.491 e. The number of hydrogen-bond donors (Lipinski definition) is 1. The molecule has 0 saturated carbocycles. The Kier molecular flexibility index (Phi) is 4.86. The van der Waals surface area contributed by atoms with Crippen LogP contribution in [0.5, 0.6) is 5.75 Å². The minimum atomic E-state index is -0.251. The van der Waals surface area contributed by atoms with E-state index in [9.17, 15) is 4.79 Å². The number of carbonyl (C=O) groups excluding carboxylic acids is 1. The molecule has 0 bridgehead atoms. The summed E-state index contributed by atoms with van der Waals surface area (Å²) in [6.45, 7) is 1.23. The minimum absolute atomic E-state index is 0.0544. The molecular formula is C16H19N3O2S. The van der Waals surface area contributed by atoms with Gasteiger partial charge in [0.25, 0.3) is 0 Å². The van der Waals surface area contributed by atoms with Crippen molar-refractivity contribution >= 4 is 17.7 Å². The summed E-state index contributed by atoms with van der Waals surface area (Å²) in [6, 6.07) is 11.4. The Morgan fingerprint density at radius 1 is 1.45 bits per heavy atom. The molecular weight excluding hydrogens is 298 g/mol. The van der Waals surface area contributed by atoms with Crippen LogP contribution in [0.25, 0.3) is 0 Å². The van der Waals surface area contributed by atoms with Crippen LogP contribution in [0.2, 0.25) is 0 Å². The van der Waals surface area contributed by atoms with Crippen molar-refractivity contribution in [1.29, 1.82) is 5.26 Å². The lowest BCUT2D eigenvalue weighted by molar-refractivity contribution is -0.132. The lowest BCUT2D eigenvalue weighted by atomic mass is 10.2. The molecule has 2 fully saturated rings. The quantitative estimate of drug-likeness (QED) is 0.914. The molecule has 1 unspecified atom stereocenters. The maximum absolute atomic E-state index is 12.5. The molecule has 1 aromatic rings. The first-order chi connectivity index (χ1) is 10.8. The Bertz CT molecular complexity index is 560. The van der Waals surface area contributed by atoms with Crippen LogP contribution in [-0.4, -0.2) is 47.2 Å². The van der Waals surface area contributed by atoms with Gasteiger partial charge in [-0.3, -0.25) is 10.1 Å². The van der Waals surface area contributed by atoms with Gasteiger partial charge >= 0.3 is 0 Å². The van der Waals surface area contributed by atoms with Gasteiger partial charge in [-0.05, 0) is 25.0 Å². The number of rotatable bonds is 4. The van der Waals surface area contributed by atoms with E-state index in [1.54, 1.807) is 16.7 Å². The van der Waals surface area contributed by atoms with Gasteiger partial charge in [0.05, 0.1) is 17.5 Å². The van der Waals surface area contributed by atoms with E-state index in [1.165, 1.54) is 0 Å². The summed E-state index contributed by atoms with van der Waals surface area (Å²) in [6.07, 6.45) is 1.72. The fourth-order valence-corrected chi connectivity index (χ4v) is 3.91. The monoisotopic (exact) mass is 317 g/mol. The van der Waals surface area contributed by atoms with Gasteiger partial charge < -0.3 is 9.64 Å². The Labute approximate surface area is 134 Å². The molecule has 2 aliphatic heterocycles. The molecule has 1 aromatic carbocycles. The zero-order valence-electron chi connectivity index (χ0n) is 12.3. The van der Waals surface area contributed by atoms with Crippen molar-refractivity contribution < 1.29 is 9.53 Å². The number of hydrogen-bond acceptors (Lipinski definition) is 5. The summed E-state index contributed by atoms with van der Waals surface area (Å²) in [5.41, 5.74) is 0. The normalized spacial score (nSPS) is 27.6. The van der Waals surface area contributed by atoms with E-state index < -0.39 is 0 Å². The van der Waals surface area contributed by atoms with E-state index in [2.05, 4.69) is 11.4 Å². The maximum atomic E-state index is 12.5. The first kappa shape index (κ1) is 15.2. The third-order valence-electron chi connectivity index (χ3n) is 3.98. The second-order valence-corrected chi connectivity index (χ2v) is 6.72. The number of ether oxygens (including phenoxy) is 1. The second kappa shape index (κ2) is 7.03. The van der Waals surface area contributed by atoms with Crippen molar-refractivity contribution in [3.8, 4) is 11.8 Å². The summed E-state index contributed by atoms with van der Waals surface area (Å²) in [4.78, 5) is 14.2. The zero-order chi connectivity index (χ0) is 15.4. The van der Waals surface area contributed by atoms with Gasteiger partial charge in [-0.1, -0.05) is 18.2 Å². The molecule has 22 heavy (non-hydrogen) atoms. The summed E-state index contributed by atoms with van der Waals surface area (Å²) >= 11 is 1.70. The fourth-order valence-electron chi connectivity index (χ4n) is 2.83. The van der Waals surface area contributed by atoms with E-state index in [0.717, 1.165) is 24.3 Å². The van der Waals surface area contributed by atoms with Crippen LogP contribution in [0.4, 0.5) is 0 Å². The Morgan fingerprint density at radius 2 is 2.27 bits per heavy atom. The number of amides is 1. The van der Waals surface area contributed by atoms with E-state index in [1.807, 2.05) is 30.3 Å². The molecule has 2 saturated heterocycles. The number of thioether (sulfide) groups is 1. The molecule has 3 rings (SSSR count). The Balaban J connectivity index is 1.50. The van der Waals surface area contributed by atoms with Gasteiger partial charge in [0.15, 0.2) is 0 Å². The van der Waals surface area contributed by atoms with Crippen molar-refractivity contribution in [3.05, 3.63) is 30.3 Å². The zero-order valence-corrected chi connectivity index (χ0v) is 13.1. The Hall–Kier alpha value is -1.71. The van der Waals surface area contributed by atoms with Crippen molar-refractivity contribution in [2.75, 3.05) is 18.9 Å². The number of likely N-dealkylation sites (tertiary alicyclic amines) is 1. The maximum Gasteiger partial charge on any atom is 0.241 e. The fraction of sp³-hybridized carbons (Fsp3) is 0.500. The van der Waals surface area contributed by atoms with Crippen LogP contribution in [0.15, 0.2) is 30.3 Å². The standard InChI is InChI=1S/C16H19N3O2S/c17-9-12-5-4-8-19(12)16(20)14-11-22-15(18-14)10-21-13-6-2-1-3-7-13/h1-3,6-7,12,14-15,18H,4-5,8,10-11H2/t12-,14-,15?/m0/s1. The van der Waals surface area contributed by atoms with Gasteiger partial charge in [-0.2, -0.15) is 5.26 Å². The van der Waals surface area contributed by atoms with E-state index in [4.69, 9.17) is 10.00 Å². The van der Waals surface area contributed by atoms with Crippen LogP contribution in [-0.2, 0) is 4.79 Å². The molecule has 116 valence electrons. The minimum Gasteiger partial charge on any atom is -0.491 e. The predicted molar refractivity (Wildman–Crippen MR) is 85.5 cm³/mol. The van der Waals surface area contributed by atoms with Crippen molar-refractivity contribution in [3.63, 3.8) is 0 Å². The number of carbonyl (C=O) groups is 1. The van der Waals surface area contributed by atoms with Gasteiger partial charge in [0.2, 0.25) is 5.91 Å². The smallest absolute Gasteiger partial charge is 0.241 e. The number of para-hydroxylation sites is 1. The first-order valence-electron chi connectivity index (χ1n) is 7.53. The summed E-state index contributed by atoms with van der Waals surface area (Å²) in [5.74, 6) is 1.62. The number of benzene rings is 1. The molecule has 0 radical (unpaired) electrons. The van der Waals surface area contributed by atoms with E-state index in [-0.39, 0.29) is 23.4 Å². The van der Waals surface area contributed by atoms with E-state index >= 15 is 0 Å². The SMILES string of the molecule is N#C[C@@H]1CCCN1C(=O)[C@@H]1CSC(COc2ccccc2)N1. The third kappa shape index (κ3) is 3.37. The highest BCUT2D eigenvalue weighted by atomic mass is 32.2. The average Bonchev–Trinajstić information content (AvgIpc) is 3.22. The topological polar surface area (TPSA) is 65.4 Å². The van der Waals surface area contributed by atoms with Gasteiger partial charge in [-0.15, -0.1) is 11.8 Å².